The van der Waals surface area contributed by atoms with Gasteiger partial charge in [-0.2, -0.15) is 0 Å². The van der Waals surface area contributed by atoms with Crippen LogP contribution in [0.25, 0.3) is 0 Å². The van der Waals surface area contributed by atoms with Gasteiger partial charge < -0.3 is 10.5 Å². The molecule has 0 bridgehead atoms. The summed E-state index contributed by atoms with van der Waals surface area (Å²) in [4.78, 5) is 15.2. The zero-order valence-electron chi connectivity index (χ0n) is 13.4. The molecule has 126 valence electrons. The number of aromatic nitrogens is 3. The van der Waals surface area contributed by atoms with Gasteiger partial charge in [0.25, 0.3) is 0 Å². The summed E-state index contributed by atoms with van der Waals surface area (Å²) in [5, 5.41) is 0.678. The quantitative estimate of drug-likeness (QED) is 0.898. The Kier molecular flexibility index (Phi) is 4.12. The lowest BCUT2D eigenvalue weighted by Crippen LogP contribution is -2.47. The summed E-state index contributed by atoms with van der Waals surface area (Å²) in [7, 11) is 0. The van der Waals surface area contributed by atoms with Crippen molar-refractivity contribution in [2.75, 3.05) is 25.4 Å². The smallest absolute Gasteiger partial charge is 0.220 e. The average Bonchev–Trinajstić information content (AvgIpc) is 2.58. The molecule has 2 aliphatic rings. The number of nitrogen functional groups attached to an aromatic ring is 1. The molecule has 0 atom stereocenters. The Morgan fingerprint density at radius 1 is 1.25 bits per heavy atom. The van der Waals surface area contributed by atoms with Gasteiger partial charge in [0.05, 0.1) is 17.3 Å². The fraction of sp³-hybridized carbons (Fsp3) is 0.471. The van der Waals surface area contributed by atoms with E-state index in [0.29, 0.717) is 11.0 Å². The normalized spacial score (nSPS) is 20.0. The third-order valence-electron chi connectivity index (χ3n) is 4.90. The van der Waals surface area contributed by atoms with E-state index in [1.807, 2.05) is 18.5 Å². The Hall–Kier alpha value is -1.76. The molecule has 24 heavy (non-hydrogen) atoms. The molecule has 2 aromatic rings. The Morgan fingerprint density at radius 3 is 2.88 bits per heavy atom. The maximum atomic E-state index is 6.20. The summed E-state index contributed by atoms with van der Waals surface area (Å²) in [5.74, 6) is 0.325. The van der Waals surface area contributed by atoms with Gasteiger partial charge in [0.2, 0.25) is 5.95 Å². The Bertz CT molecular complexity index is 746. The van der Waals surface area contributed by atoms with Crippen molar-refractivity contribution >= 4 is 17.5 Å². The predicted molar refractivity (Wildman–Crippen MR) is 91.5 cm³/mol. The molecule has 7 heteroatoms. The lowest BCUT2D eigenvalue weighted by Gasteiger charge is -2.44. The lowest BCUT2D eigenvalue weighted by atomic mass is 9.83. The molecule has 2 aliphatic heterocycles. The van der Waals surface area contributed by atoms with Crippen molar-refractivity contribution in [3.05, 3.63) is 46.5 Å². The second-order valence-electron chi connectivity index (χ2n) is 6.48. The van der Waals surface area contributed by atoms with Crippen LogP contribution in [0, 0.1) is 0 Å². The topological polar surface area (TPSA) is 77.2 Å². The van der Waals surface area contributed by atoms with Gasteiger partial charge >= 0.3 is 0 Å². The van der Waals surface area contributed by atoms with E-state index in [-0.39, 0.29) is 5.60 Å². The largest absolute Gasteiger partial charge is 0.368 e. The fourth-order valence-electron chi connectivity index (χ4n) is 3.68. The lowest BCUT2D eigenvalue weighted by molar-refractivity contribution is -0.102. The maximum Gasteiger partial charge on any atom is 0.220 e. The van der Waals surface area contributed by atoms with Crippen molar-refractivity contribution in [2.24, 2.45) is 0 Å². The van der Waals surface area contributed by atoms with E-state index in [2.05, 4.69) is 19.9 Å². The highest BCUT2D eigenvalue weighted by atomic mass is 35.5. The highest BCUT2D eigenvalue weighted by Crippen LogP contribution is 2.40. The number of pyridine rings is 1. The Labute approximate surface area is 146 Å². The summed E-state index contributed by atoms with van der Waals surface area (Å²) in [6, 6.07) is 1.97. The van der Waals surface area contributed by atoms with Crippen molar-refractivity contribution < 1.29 is 4.74 Å². The van der Waals surface area contributed by atoms with Gasteiger partial charge in [-0.1, -0.05) is 11.6 Å². The van der Waals surface area contributed by atoms with E-state index < -0.39 is 0 Å². The summed E-state index contributed by atoms with van der Waals surface area (Å²) in [6.07, 6.45) is 8.06. The monoisotopic (exact) mass is 345 g/mol. The number of hydrogen-bond donors (Lipinski definition) is 1. The number of nitrogens with zero attached hydrogens (tertiary/aromatic N) is 4. The third-order valence-corrected chi connectivity index (χ3v) is 5.10. The van der Waals surface area contributed by atoms with Crippen molar-refractivity contribution in [3.8, 4) is 0 Å². The molecule has 1 spiro atoms. The van der Waals surface area contributed by atoms with Gasteiger partial charge in [-0.25, -0.2) is 9.97 Å². The summed E-state index contributed by atoms with van der Waals surface area (Å²) in [5.41, 5.74) is 8.79. The van der Waals surface area contributed by atoms with Gasteiger partial charge in [-0.15, -0.1) is 0 Å². The van der Waals surface area contributed by atoms with Crippen LogP contribution < -0.4 is 5.73 Å². The van der Waals surface area contributed by atoms with Crippen molar-refractivity contribution in [1.29, 1.82) is 0 Å². The van der Waals surface area contributed by atoms with Gasteiger partial charge in [-0.05, 0) is 36.5 Å². The highest BCUT2D eigenvalue weighted by molar-refractivity contribution is 6.30. The zero-order chi connectivity index (χ0) is 16.6. The van der Waals surface area contributed by atoms with E-state index in [1.165, 1.54) is 5.56 Å². The van der Waals surface area contributed by atoms with Crippen LogP contribution >= 0.6 is 11.6 Å². The molecule has 0 aromatic carbocycles. The van der Waals surface area contributed by atoms with Gasteiger partial charge in [-0.3, -0.25) is 9.88 Å². The van der Waals surface area contributed by atoms with Crippen molar-refractivity contribution in [2.45, 2.75) is 31.4 Å². The second kappa shape index (κ2) is 6.27. The van der Waals surface area contributed by atoms with E-state index in [1.54, 1.807) is 6.20 Å². The summed E-state index contributed by atoms with van der Waals surface area (Å²) in [6.45, 7) is 3.45. The molecular formula is C17H20ClN5O. The number of ether oxygens (including phenoxy) is 1. The minimum atomic E-state index is -0.312. The zero-order valence-corrected chi connectivity index (χ0v) is 14.2. The Balaban J connectivity index is 1.49. The molecule has 4 rings (SSSR count). The molecule has 0 aliphatic carbocycles. The van der Waals surface area contributed by atoms with Gasteiger partial charge in [0, 0.05) is 38.2 Å². The number of halogens is 1. The van der Waals surface area contributed by atoms with Crippen LogP contribution in [0.4, 0.5) is 5.95 Å². The molecule has 4 heterocycles. The molecule has 1 fully saturated rings. The molecule has 0 unspecified atom stereocenters. The number of likely N-dealkylation sites (tertiary alicyclic amines) is 1. The average molecular weight is 346 g/mol. The highest BCUT2D eigenvalue weighted by Gasteiger charge is 2.42. The number of nitrogens with two attached hydrogens (primary N) is 1. The third kappa shape index (κ3) is 2.97. The summed E-state index contributed by atoms with van der Waals surface area (Å²) >= 11 is 6.02. The molecule has 6 nitrogen and oxygen atoms in total. The van der Waals surface area contributed by atoms with E-state index in [4.69, 9.17) is 22.1 Å². The predicted octanol–water partition coefficient (Wildman–Crippen LogP) is 2.17. The van der Waals surface area contributed by atoms with Crippen molar-refractivity contribution in [1.82, 2.24) is 19.9 Å². The minimum absolute atomic E-state index is 0.312. The molecular weight excluding hydrogens is 326 g/mol. The van der Waals surface area contributed by atoms with E-state index >= 15 is 0 Å². The van der Waals surface area contributed by atoms with Crippen LogP contribution in [0.15, 0.2) is 24.7 Å². The first-order chi connectivity index (χ1) is 11.6. The van der Waals surface area contributed by atoms with Gasteiger partial charge in [0.15, 0.2) is 0 Å². The Morgan fingerprint density at radius 2 is 2.08 bits per heavy atom. The standard InChI is InChI=1S/C17H20ClN5O/c18-14-7-12(8-20-10-14)11-23-4-2-17(3-5-23)15-13(1-6-24-17)9-21-16(19)22-15/h7-10H,1-6,11H2,(H2,19,21,22). The number of hydrogen-bond acceptors (Lipinski definition) is 6. The van der Waals surface area contributed by atoms with Crippen LogP contribution in [0.3, 0.4) is 0 Å². The van der Waals surface area contributed by atoms with Crippen LogP contribution in [-0.4, -0.2) is 39.5 Å². The first-order valence-electron chi connectivity index (χ1n) is 8.22. The van der Waals surface area contributed by atoms with Crippen LogP contribution in [0.2, 0.25) is 5.02 Å². The SMILES string of the molecule is Nc1ncc2c(n1)C1(CCN(Cc3cncc(Cl)c3)CC1)OCC2. The first-order valence-corrected chi connectivity index (χ1v) is 8.60. The van der Waals surface area contributed by atoms with Crippen LogP contribution in [0.1, 0.15) is 29.7 Å². The maximum absolute atomic E-state index is 6.20. The van der Waals surface area contributed by atoms with Gasteiger partial charge in [0.1, 0.15) is 5.60 Å². The number of anilines is 1. The molecule has 1 saturated heterocycles. The number of fused-ring (bicyclic) bond motifs is 2. The first kappa shape index (κ1) is 15.7. The fourth-order valence-corrected chi connectivity index (χ4v) is 3.87. The van der Waals surface area contributed by atoms with Crippen LogP contribution in [0.5, 0.6) is 0 Å². The second-order valence-corrected chi connectivity index (χ2v) is 6.92. The van der Waals surface area contributed by atoms with Crippen molar-refractivity contribution in [3.63, 3.8) is 0 Å². The number of piperidine rings is 1. The number of rotatable bonds is 2. The molecule has 2 aromatic heterocycles. The summed E-state index contributed by atoms with van der Waals surface area (Å²) < 4.78 is 6.20. The van der Waals surface area contributed by atoms with E-state index in [9.17, 15) is 0 Å². The molecule has 0 radical (unpaired) electrons. The molecule has 0 saturated carbocycles. The van der Waals surface area contributed by atoms with Crippen LogP contribution in [-0.2, 0) is 23.3 Å². The van der Waals surface area contributed by atoms with E-state index in [0.717, 1.165) is 56.8 Å². The molecule has 2 N–H and O–H groups in total. The molecule has 0 amide bonds. The minimum Gasteiger partial charge on any atom is -0.368 e.